The standard InChI is InChI=1S/C19H19N5O5S/c20-14(25)9-21-19(29)23-11-5-3-4-10(8-11)22-17(28)15(26)16(27)18-24-12-6-1-2-7-13(12)30-18/h1-8,15-16,26-27H,9H2,(H2,20,25)(H,22,28)(H2,21,23,29). The van der Waals surface area contributed by atoms with Crippen molar-refractivity contribution in [2.45, 2.75) is 12.2 Å². The lowest BCUT2D eigenvalue weighted by Gasteiger charge is -2.16. The van der Waals surface area contributed by atoms with E-state index in [4.69, 9.17) is 5.73 Å². The molecule has 10 nitrogen and oxygen atoms in total. The molecular weight excluding hydrogens is 410 g/mol. The normalized spacial score (nSPS) is 12.7. The van der Waals surface area contributed by atoms with Crippen molar-refractivity contribution in [1.82, 2.24) is 10.3 Å². The predicted molar refractivity (Wildman–Crippen MR) is 112 cm³/mol. The number of para-hydroxylation sites is 1. The van der Waals surface area contributed by atoms with Gasteiger partial charge in [-0.3, -0.25) is 9.59 Å². The minimum atomic E-state index is -1.75. The molecule has 0 aliphatic rings. The van der Waals surface area contributed by atoms with Gasteiger partial charge in [0.1, 0.15) is 11.1 Å². The molecule has 11 heteroatoms. The third-order valence-electron chi connectivity index (χ3n) is 3.94. The maximum Gasteiger partial charge on any atom is 0.319 e. The van der Waals surface area contributed by atoms with Crippen LogP contribution < -0.4 is 21.7 Å². The van der Waals surface area contributed by atoms with Crippen LogP contribution in [-0.4, -0.2) is 45.7 Å². The third-order valence-corrected chi connectivity index (χ3v) is 5.05. The monoisotopic (exact) mass is 429 g/mol. The fraction of sp³-hybridized carbons (Fsp3) is 0.158. The fourth-order valence-electron chi connectivity index (χ4n) is 2.53. The van der Waals surface area contributed by atoms with E-state index < -0.39 is 30.1 Å². The second-order valence-electron chi connectivity index (χ2n) is 6.25. The highest BCUT2D eigenvalue weighted by molar-refractivity contribution is 7.18. The number of hydrogen-bond acceptors (Lipinski definition) is 7. The molecule has 1 aromatic heterocycles. The first kappa shape index (κ1) is 21.2. The van der Waals surface area contributed by atoms with Crippen LogP contribution in [0.2, 0.25) is 0 Å². The van der Waals surface area contributed by atoms with Crippen molar-refractivity contribution >= 4 is 50.8 Å². The number of anilines is 2. The molecule has 156 valence electrons. The zero-order valence-electron chi connectivity index (χ0n) is 15.5. The predicted octanol–water partition coefficient (Wildman–Crippen LogP) is 0.936. The summed E-state index contributed by atoms with van der Waals surface area (Å²) in [6, 6.07) is 12.7. The lowest BCUT2D eigenvalue weighted by atomic mass is 10.2. The highest BCUT2D eigenvalue weighted by Gasteiger charge is 2.28. The van der Waals surface area contributed by atoms with Gasteiger partial charge in [0.25, 0.3) is 5.91 Å². The van der Waals surface area contributed by atoms with Crippen LogP contribution in [0.15, 0.2) is 48.5 Å². The summed E-state index contributed by atoms with van der Waals surface area (Å²) in [5.74, 6) is -1.52. The van der Waals surface area contributed by atoms with E-state index in [0.29, 0.717) is 11.2 Å². The minimum absolute atomic E-state index is 0.223. The van der Waals surface area contributed by atoms with Crippen LogP contribution >= 0.6 is 11.3 Å². The van der Waals surface area contributed by atoms with Gasteiger partial charge in [0.2, 0.25) is 5.91 Å². The maximum atomic E-state index is 12.4. The number of nitrogens with one attached hydrogen (secondary N) is 3. The number of carbonyl (C=O) groups excluding carboxylic acids is 3. The number of hydrogen-bond donors (Lipinski definition) is 6. The summed E-state index contributed by atoms with van der Waals surface area (Å²) in [7, 11) is 0. The van der Waals surface area contributed by atoms with Crippen molar-refractivity contribution in [2.75, 3.05) is 17.2 Å². The SMILES string of the molecule is NC(=O)CNC(=O)Nc1cccc(NC(=O)C(O)C(O)c2nc3ccccc3s2)c1. The molecule has 1 heterocycles. The fourth-order valence-corrected chi connectivity index (χ4v) is 3.51. The molecule has 2 aromatic carbocycles. The molecule has 2 unspecified atom stereocenters. The second-order valence-corrected chi connectivity index (χ2v) is 7.32. The van der Waals surface area contributed by atoms with Gasteiger partial charge in [-0.15, -0.1) is 11.3 Å². The molecule has 0 spiro atoms. The van der Waals surface area contributed by atoms with Crippen LogP contribution in [0.1, 0.15) is 11.1 Å². The number of rotatable bonds is 7. The van der Waals surface area contributed by atoms with Gasteiger partial charge in [-0.2, -0.15) is 0 Å². The Labute approximate surface area is 174 Å². The number of aliphatic hydroxyl groups is 2. The Morgan fingerprint density at radius 3 is 2.43 bits per heavy atom. The molecule has 0 bridgehead atoms. The van der Waals surface area contributed by atoms with E-state index in [9.17, 15) is 24.6 Å². The first-order valence-electron chi connectivity index (χ1n) is 8.79. The van der Waals surface area contributed by atoms with Gasteiger partial charge in [-0.1, -0.05) is 18.2 Å². The van der Waals surface area contributed by atoms with Gasteiger partial charge in [-0.25, -0.2) is 9.78 Å². The zero-order valence-corrected chi connectivity index (χ0v) is 16.3. The third kappa shape index (κ3) is 5.29. The molecule has 2 atom stereocenters. The highest BCUT2D eigenvalue weighted by Crippen LogP contribution is 2.28. The number of fused-ring (bicyclic) bond motifs is 1. The van der Waals surface area contributed by atoms with Gasteiger partial charge >= 0.3 is 6.03 Å². The van der Waals surface area contributed by atoms with Crippen LogP contribution in [0.4, 0.5) is 16.2 Å². The number of aliphatic hydroxyl groups excluding tert-OH is 2. The van der Waals surface area contributed by atoms with Crippen LogP contribution in [0, 0.1) is 0 Å². The van der Waals surface area contributed by atoms with E-state index in [0.717, 1.165) is 4.70 Å². The highest BCUT2D eigenvalue weighted by atomic mass is 32.1. The van der Waals surface area contributed by atoms with E-state index in [1.165, 1.54) is 17.4 Å². The van der Waals surface area contributed by atoms with Crippen LogP contribution in [-0.2, 0) is 9.59 Å². The number of benzene rings is 2. The molecule has 7 N–H and O–H groups in total. The maximum absolute atomic E-state index is 12.4. The largest absolute Gasteiger partial charge is 0.383 e. The lowest BCUT2D eigenvalue weighted by molar-refractivity contribution is -0.129. The van der Waals surface area contributed by atoms with E-state index in [2.05, 4.69) is 20.9 Å². The average molecular weight is 429 g/mol. The summed E-state index contributed by atoms with van der Waals surface area (Å²) in [6.45, 7) is -0.321. The summed E-state index contributed by atoms with van der Waals surface area (Å²) in [4.78, 5) is 39.0. The number of carbonyl (C=O) groups is 3. The number of nitrogens with two attached hydrogens (primary N) is 1. The number of thiazole rings is 1. The molecular formula is C19H19N5O5S. The molecule has 0 aliphatic heterocycles. The van der Waals surface area contributed by atoms with Crippen molar-refractivity contribution in [3.63, 3.8) is 0 Å². The number of urea groups is 1. The van der Waals surface area contributed by atoms with Crippen LogP contribution in [0.25, 0.3) is 10.2 Å². The molecule has 0 aliphatic carbocycles. The van der Waals surface area contributed by atoms with Crippen molar-refractivity contribution in [2.24, 2.45) is 5.73 Å². The Morgan fingerprint density at radius 1 is 1.03 bits per heavy atom. The number of aromatic nitrogens is 1. The Morgan fingerprint density at radius 2 is 1.73 bits per heavy atom. The number of nitrogens with zero attached hydrogens (tertiary/aromatic N) is 1. The molecule has 0 saturated carbocycles. The smallest absolute Gasteiger partial charge is 0.319 e. The van der Waals surface area contributed by atoms with Crippen molar-refractivity contribution < 1.29 is 24.6 Å². The number of amides is 4. The molecule has 30 heavy (non-hydrogen) atoms. The molecule has 0 fully saturated rings. The number of primary amides is 1. The van der Waals surface area contributed by atoms with Crippen LogP contribution in [0.3, 0.4) is 0 Å². The van der Waals surface area contributed by atoms with Crippen molar-refractivity contribution in [1.29, 1.82) is 0 Å². The summed E-state index contributed by atoms with van der Waals surface area (Å²) >= 11 is 1.18. The molecule has 3 aromatic rings. The Hall–Kier alpha value is -3.54. The first-order valence-corrected chi connectivity index (χ1v) is 9.61. The first-order chi connectivity index (χ1) is 14.3. The van der Waals surface area contributed by atoms with Crippen molar-refractivity contribution in [3.8, 4) is 0 Å². The van der Waals surface area contributed by atoms with E-state index in [1.807, 2.05) is 12.1 Å². The Kier molecular flexibility index (Phi) is 6.57. The summed E-state index contributed by atoms with van der Waals surface area (Å²) < 4.78 is 0.826. The quantitative estimate of drug-likeness (QED) is 0.327. The summed E-state index contributed by atoms with van der Waals surface area (Å²) in [5, 5.41) is 28.0. The van der Waals surface area contributed by atoms with Gasteiger partial charge in [0.15, 0.2) is 6.10 Å². The van der Waals surface area contributed by atoms with Gasteiger partial charge < -0.3 is 31.9 Å². The topological polar surface area (TPSA) is 167 Å². The minimum Gasteiger partial charge on any atom is -0.383 e. The lowest BCUT2D eigenvalue weighted by Crippen LogP contribution is -2.36. The van der Waals surface area contributed by atoms with Gasteiger partial charge in [0, 0.05) is 11.4 Å². The average Bonchev–Trinajstić information content (AvgIpc) is 3.15. The van der Waals surface area contributed by atoms with Crippen LogP contribution in [0.5, 0.6) is 0 Å². The Bertz CT molecular complexity index is 1050. The summed E-state index contributed by atoms with van der Waals surface area (Å²) in [6.07, 6.45) is -3.25. The second kappa shape index (κ2) is 9.31. The molecule has 0 radical (unpaired) electrons. The zero-order chi connectivity index (χ0) is 21.7. The van der Waals surface area contributed by atoms with Gasteiger partial charge in [-0.05, 0) is 30.3 Å². The van der Waals surface area contributed by atoms with E-state index >= 15 is 0 Å². The van der Waals surface area contributed by atoms with E-state index in [1.54, 1.807) is 30.3 Å². The molecule has 4 amide bonds. The van der Waals surface area contributed by atoms with Gasteiger partial charge in [0.05, 0.1) is 16.8 Å². The molecule has 0 saturated heterocycles. The Balaban J connectivity index is 1.63. The molecule has 3 rings (SSSR count). The summed E-state index contributed by atoms with van der Waals surface area (Å²) in [5.41, 5.74) is 6.23. The van der Waals surface area contributed by atoms with E-state index in [-0.39, 0.29) is 17.2 Å². The van der Waals surface area contributed by atoms with Crippen molar-refractivity contribution in [3.05, 3.63) is 53.5 Å².